The Hall–Kier alpha value is -0.0266. The first kappa shape index (κ1) is 36.1. The number of aliphatic hydroxyl groups is 1. The number of hydrogen-bond donors (Lipinski definition) is 2. The second kappa shape index (κ2) is 43.9. The Morgan fingerprint density at radius 1 is 1.22 bits per heavy atom. The number of carbonyl (C=O) groups is 1. The van der Waals surface area contributed by atoms with E-state index in [1.54, 1.807) is 0 Å². The van der Waals surface area contributed by atoms with Crippen molar-refractivity contribution in [1.29, 1.82) is 0 Å². The maximum absolute atomic E-state index is 9.00. The minimum absolute atomic E-state index is 0. The van der Waals surface area contributed by atoms with Crippen LogP contribution in [-0.2, 0) is 24.3 Å². The fourth-order valence-electron chi connectivity index (χ4n) is 0. The largest absolute Gasteiger partial charge is 0.481 e. The third-order valence-corrected chi connectivity index (χ3v) is 0. The monoisotopic (exact) mass is 192 g/mol. The second-order valence-electron chi connectivity index (χ2n) is 0.519. The molecule has 9 heavy (non-hydrogen) atoms. The molecule has 6 heteroatoms. The number of carboxylic acids is 1. The van der Waals surface area contributed by atoms with Gasteiger partial charge in [0.25, 0.3) is 5.97 Å². The van der Waals surface area contributed by atoms with Crippen molar-refractivity contribution in [1.82, 2.24) is 0 Å². The summed E-state index contributed by atoms with van der Waals surface area (Å²) in [6, 6.07) is 0. The summed E-state index contributed by atoms with van der Waals surface area (Å²) in [6.07, 6.45) is 0. The van der Waals surface area contributed by atoms with E-state index in [0.717, 1.165) is 14.0 Å². The van der Waals surface area contributed by atoms with Crippen LogP contribution in [0.4, 0.5) is 0 Å². The molecule has 0 aromatic carbocycles. The Bertz CT molecular complexity index is 35.2. The third-order valence-electron chi connectivity index (χ3n) is 0. The molecule has 0 amide bonds. The van der Waals surface area contributed by atoms with Crippen LogP contribution in [0, 0.1) is 0 Å². The van der Waals surface area contributed by atoms with Gasteiger partial charge in [-0.05, 0) is 0 Å². The molecule has 0 unspecified atom stereocenters. The van der Waals surface area contributed by atoms with Crippen molar-refractivity contribution in [3.63, 3.8) is 0 Å². The zero-order valence-electron chi connectivity index (χ0n) is 5.51. The zero-order chi connectivity index (χ0) is 5.58. The van der Waals surface area contributed by atoms with E-state index in [1.807, 2.05) is 0 Å². The maximum atomic E-state index is 9.00. The summed E-state index contributed by atoms with van der Waals surface area (Å²) in [5.74, 6) is -0.833. The van der Waals surface area contributed by atoms with Gasteiger partial charge in [-0.25, -0.2) is 0 Å². The predicted molar refractivity (Wildman–Crippen MR) is 28.7 cm³/mol. The Balaban J connectivity index is -0.00000000990. The third kappa shape index (κ3) is 401000. The van der Waals surface area contributed by atoms with E-state index in [4.69, 9.17) is 15.0 Å². The number of rotatable bonds is 0. The average Bonchev–Trinajstić information content (AvgIpc) is 1.41. The Morgan fingerprint density at radius 3 is 1.22 bits per heavy atom. The van der Waals surface area contributed by atoms with Gasteiger partial charge in [-0.1, -0.05) is 0 Å². The molecule has 0 rings (SSSR count). The van der Waals surface area contributed by atoms with Crippen molar-refractivity contribution in [2.75, 3.05) is 7.11 Å². The smallest absolute Gasteiger partial charge is 0.300 e. The standard InChI is InChI=1S/C2H4O2.CH4O.2H2O.Zn/c1-2(3)4;1-2;;;/h1H3,(H,3,4);2H,1H3;2*1H2;. The van der Waals surface area contributed by atoms with E-state index < -0.39 is 5.97 Å². The van der Waals surface area contributed by atoms with Crippen molar-refractivity contribution >= 4 is 5.97 Å². The van der Waals surface area contributed by atoms with Crippen LogP contribution in [-0.4, -0.2) is 34.2 Å². The van der Waals surface area contributed by atoms with E-state index in [1.165, 1.54) is 0 Å². The van der Waals surface area contributed by atoms with Crippen LogP contribution >= 0.6 is 0 Å². The van der Waals surface area contributed by atoms with Gasteiger partial charge in [0.1, 0.15) is 0 Å². The van der Waals surface area contributed by atoms with E-state index in [0.29, 0.717) is 0 Å². The summed E-state index contributed by atoms with van der Waals surface area (Å²) in [5, 5.41) is 14.4. The number of aliphatic hydroxyl groups excluding tert-OH is 1. The molecule has 0 saturated carbocycles. The molecule has 5 nitrogen and oxygen atoms in total. The SMILES string of the molecule is CC(=O)O.CO.O.O.[Zn]. The molecule has 6 N–H and O–H groups in total. The number of hydrogen-bond acceptors (Lipinski definition) is 2. The quantitative estimate of drug-likeness (QED) is 0.435. The van der Waals surface area contributed by atoms with Crippen LogP contribution in [0.5, 0.6) is 0 Å². The molecule has 0 fully saturated rings. The Morgan fingerprint density at radius 2 is 1.22 bits per heavy atom. The molecular weight excluding hydrogens is 181 g/mol. The Labute approximate surface area is 66.1 Å². The summed E-state index contributed by atoms with van der Waals surface area (Å²) >= 11 is 0. The fourth-order valence-corrected chi connectivity index (χ4v) is 0. The first-order valence-corrected chi connectivity index (χ1v) is 1.37. The van der Waals surface area contributed by atoms with Gasteiger partial charge in [0, 0.05) is 33.5 Å². The maximum Gasteiger partial charge on any atom is 0.300 e. The van der Waals surface area contributed by atoms with Gasteiger partial charge < -0.3 is 21.2 Å². The summed E-state index contributed by atoms with van der Waals surface area (Å²) in [6.45, 7) is 1.08. The summed E-state index contributed by atoms with van der Waals surface area (Å²) in [4.78, 5) is 9.00. The summed E-state index contributed by atoms with van der Waals surface area (Å²) in [7, 11) is 1.00. The number of carboxylic acid groups (broad SMARTS) is 1. The second-order valence-corrected chi connectivity index (χ2v) is 0.519. The van der Waals surface area contributed by atoms with E-state index in [2.05, 4.69) is 0 Å². The van der Waals surface area contributed by atoms with Crippen molar-refractivity contribution in [3.05, 3.63) is 0 Å². The molecule has 0 saturated heterocycles. The van der Waals surface area contributed by atoms with Crippen LogP contribution in [0.1, 0.15) is 6.92 Å². The van der Waals surface area contributed by atoms with Crippen LogP contribution in [0.25, 0.3) is 0 Å². The van der Waals surface area contributed by atoms with Crippen molar-refractivity contribution < 1.29 is 45.4 Å². The molecule has 0 aromatic rings. The summed E-state index contributed by atoms with van der Waals surface area (Å²) in [5.41, 5.74) is 0. The van der Waals surface area contributed by atoms with Gasteiger partial charge in [-0.3, -0.25) is 4.79 Å². The van der Waals surface area contributed by atoms with Crippen molar-refractivity contribution in [2.45, 2.75) is 6.92 Å². The molecular formula is C3H12O5Zn. The first-order chi connectivity index (χ1) is 2.73. The average molecular weight is 194 g/mol. The molecule has 0 atom stereocenters. The van der Waals surface area contributed by atoms with E-state index >= 15 is 0 Å². The molecule has 0 heterocycles. The van der Waals surface area contributed by atoms with Gasteiger partial charge in [-0.2, -0.15) is 0 Å². The minimum Gasteiger partial charge on any atom is -0.481 e. The predicted octanol–water partition coefficient (Wildman–Crippen LogP) is -1.95. The molecule has 0 aliphatic rings. The van der Waals surface area contributed by atoms with Gasteiger partial charge in [-0.15, -0.1) is 0 Å². The minimum atomic E-state index is -0.833. The topological polar surface area (TPSA) is 121 Å². The number of aliphatic carboxylic acids is 1. The van der Waals surface area contributed by atoms with Gasteiger partial charge in [0.05, 0.1) is 0 Å². The molecule has 0 aliphatic carbocycles. The van der Waals surface area contributed by atoms with Gasteiger partial charge in [0.15, 0.2) is 0 Å². The Kier molecular flexibility index (Phi) is 176. The van der Waals surface area contributed by atoms with Crippen LogP contribution < -0.4 is 0 Å². The molecule has 0 aliphatic heterocycles. The van der Waals surface area contributed by atoms with Crippen molar-refractivity contribution in [2.24, 2.45) is 0 Å². The molecule has 56 valence electrons. The van der Waals surface area contributed by atoms with Crippen molar-refractivity contribution in [3.8, 4) is 0 Å². The van der Waals surface area contributed by atoms with Gasteiger partial charge in [0.2, 0.25) is 0 Å². The van der Waals surface area contributed by atoms with E-state index in [9.17, 15) is 0 Å². The zero-order valence-corrected chi connectivity index (χ0v) is 8.48. The van der Waals surface area contributed by atoms with Crippen LogP contribution in [0.3, 0.4) is 0 Å². The molecule has 0 aromatic heterocycles. The normalized spacial score (nSPS) is 3.44. The van der Waals surface area contributed by atoms with Crippen LogP contribution in [0.2, 0.25) is 0 Å². The molecule has 0 radical (unpaired) electrons. The molecule has 0 spiro atoms. The molecule has 0 bridgehead atoms. The van der Waals surface area contributed by atoms with Crippen LogP contribution in [0.15, 0.2) is 0 Å². The first-order valence-electron chi connectivity index (χ1n) is 1.37. The summed E-state index contributed by atoms with van der Waals surface area (Å²) < 4.78 is 0. The van der Waals surface area contributed by atoms with E-state index in [-0.39, 0.29) is 30.4 Å². The fraction of sp³-hybridized carbons (Fsp3) is 0.667. The van der Waals surface area contributed by atoms with Gasteiger partial charge >= 0.3 is 0 Å².